The minimum Gasteiger partial charge on any atom is -0.145 e. The van der Waals surface area contributed by atoms with Gasteiger partial charge in [-0.05, 0) is 0 Å². The lowest BCUT2D eigenvalue weighted by atomic mass is 10.00. The molecule has 0 aromatic heterocycles. The summed E-state index contributed by atoms with van der Waals surface area (Å²) in [5.74, 6) is 0. The first-order valence-corrected chi connectivity index (χ1v) is 7.25. The van der Waals surface area contributed by atoms with E-state index >= 15 is 0 Å². The van der Waals surface area contributed by atoms with Crippen molar-refractivity contribution in [2.45, 2.75) is 60.5 Å². The normalized spacial score (nSPS) is 19.7. The summed E-state index contributed by atoms with van der Waals surface area (Å²) < 4.78 is 2.87. The molecule has 62 valence electrons. The van der Waals surface area contributed by atoms with Gasteiger partial charge >= 0.3 is 20.4 Å². The second-order valence-electron chi connectivity index (χ2n) is 4.00. The lowest BCUT2D eigenvalue weighted by molar-refractivity contribution is 0.499. The fraction of sp³-hybridized carbons (Fsp3) is 1.00. The van der Waals surface area contributed by atoms with Crippen LogP contribution >= 0.6 is 0 Å². The summed E-state index contributed by atoms with van der Waals surface area (Å²) >= 11 is 0.355. The highest BCUT2D eigenvalue weighted by molar-refractivity contribution is 6.37. The third kappa shape index (κ3) is 4.37. The zero-order valence-electron chi connectivity index (χ0n) is 7.94. The van der Waals surface area contributed by atoms with Crippen LogP contribution in [0.3, 0.4) is 0 Å². The molecule has 0 aliphatic heterocycles. The summed E-state index contributed by atoms with van der Waals surface area (Å²) in [4.78, 5) is 0. The standard InChI is InChI=1S/C6H11.C4H9.Mg/c1-2-4-6-5-3-1;1-3-4-2;/h1H,2-6H2;1,3-4H2,2H3;. The summed E-state index contributed by atoms with van der Waals surface area (Å²) in [5, 5.41) is 0. The molecule has 0 atom stereocenters. The molecule has 0 saturated heterocycles. The van der Waals surface area contributed by atoms with Crippen molar-refractivity contribution < 1.29 is 0 Å². The first kappa shape index (κ1) is 9.85. The smallest absolute Gasteiger partial charge is 0.145 e. The Hall–Kier alpha value is 0.766. The van der Waals surface area contributed by atoms with E-state index in [4.69, 9.17) is 0 Å². The Morgan fingerprint density at radius 1 is 1.18 bits per heavy atom. The van der Waals surface area contributed by atoms with Crippen LogP contribution in [0.15, 0.2) is 0 Å². The van der Waals surface area contributed by atoms with Crippen LogP contribution in [0, 0.1) is 0 Å². The molecule has 11 heavy (non-hydrogen) atoms. The molecule has 1 aliphatic rings. The van der Waals surface area contributed by atoms with Gasteiger partial charge in [-0.25, -0.2) is 0 Å². The molecule has 0 aromatic carbocycles. The van der Waals surface area contributed by atoms with Crippen molar-refractivity contribution in [2.24, 2.45) is 0 Å². The van der Waals surface area contributed by atoms with Crippen LogP contribution < -0.4 is 0 Å². The van der Waals surface area contributed by atoms with E-state index in [1.807, 2.05) is 0 Å². The molecule has 1 saturated carbocycles. The monoisotopic (exact) mass is 164 g/mol. The molecule has 0 radical (unpaired) electrons. The largest absolute Gasteiger partial charge is 0.368 e. The van der Waals surface area contributed by atoms with Gasteiger partial charge in [0.2, 0.25) is 0 Å². The van der Waals surface area contributed by atoms with Crippen LogP contribution in [-0.4, -0.2) is 20.4 Å². The number of hydrogen-bond acceptors (Lipinski definition) is 0. The molecule has 0 bridgehead atoms. The zero-order valence-corrected chi connectivity index (χ0v) is 9.36. The molecule has 0 spiro atoms. The molecule has 0 unspecified atom stereocenters. The minimum atomic E-state index is 0.355. The SMILES string of the molecule is CCC[CH2][Mg][CH]1CCCCC1. The summed E-state index contributed by atoms with van der Waals surface area (Å²) in [6, 6.07) is 0. The first-order valence-electron chi connectivity index (χ1n) is 5.43. The molecule has 1 heteroatoms. The molecule has 0 heterocycles. The summed E-state index contributed by atoms with van der Waals surface area (Å²) in [7, 11) is 0. The van der Waals surface area contributed by atoms with E-state index in [2.05, 4.69) is 6.92 Å². The van der Waals surface area contributed by atoms with Crippen molar-refractivity contribution in [1.29, 1.82) is 0 Å². The third-order valence-corrected chi connectivity index (χ3v) is 5.48. The summed E-state index contributed by atoms with van der Waals surface area (Å²) in [6.45, 7) is 2.31. The van der Waals surface area contributed by atoms with Crippen LogP contribution in [0.25, 0.3) is 0 Å². The van der Waals surface area contributed by atoms with Gasteiger partial charge in [-0.15, -0.1) is 8.60 Å². The Kier molecular flexibility index (Phi) is 5.64. The van der Waals surface area contributed by atoms with E-state index in [0.717, 1.165) is 0 Å². The Morgan fingerprint density at radius 3 is 2.55 bits per heavy atom. The number of hydrogen-bond donors (Lipinski definition) is 0. The van der Waals surface area contributed by atoms with Gasteiger partial charge in [-0.2, -0.15) is 0 Å². The van der Waals surface area contributed by atoms with Crippen LogP contribution in [0.5, 0.6) is 0 Å². The number of unbranched alkanes of at least 4 members (excludes halogenated alkanes) is 1. The van der Waals surface area contributed by atoms with Gasteiger partial charge in [0.1, 0.15) is 0 Å². The molecular formula is C10H20Mg. The van der Waals surface area contributed by atoms with Crippen molar-refractivity contribution >= 4 is 20.4 Å². The summed E-state index contributed by atoms with van der Waals surface area (Å²) in [5.41, 5.74) is 0. The maximum atomic E-state index is 2.31. The van der Waals surface area contributed by atoms with Gasteiger partial charge in [-0.3, -0.25) is 0 Å². The zero-order chi connectivity index (χ0) is 7.94. The highest BCUT2D eigenvalue weighted by atomic mass is 24.5. The van der Waals surface area contributed by atoms with E-state index < -0.39 is 0 Å². The minimum absolute atomic E-state index is 0.355. The quantitative estimate of drug-likeness (QED) is 0.439. The lowest BCUT2D eigenvalue weighted by Crippen LogP contribution is -2.07. The Bertz CT molecular complexity index is 84.9. The van der Waals surface area contributed by atoms with Gasteiger partial charge in [0.25, 0.3) is 0 Å². The van der Waals surface area contributed by atoms with E-state index in [9.17, 15) is 0 Å². The van der Waals surface area contributed by atoms with Crippen LogP contribution in [-0.2, 0) is 0 Å². The van der Waals surface area contributed by atoms with Gasteiger partial charge in [0.15, 0.2) is 0 Å². The fourth-order valence-corrected chi connectivity index (χ4v) is 4.68. The van der Waals surface area contributed by atoms with Gasteiger partial charge < -0.3 is 0 Å². The van der Waals surface area contributed by atoms with Crippen LogP contribution in [0.4, 0.5) is 0 Å². The predicted molar refractivity (Wildman–Crippen MR) is 52.3 cm³/mol. The topological polar surface area (TPSA) is 0 Å². The van der Waals surface area contributed by atoms with Gasteiger partial charge in [0, 0.05) is 0 Å². The molecule has 0 nitrogen and oxygen atoms in total. The molecule has 0 aromatic rings. The van der Waals surface area contributed by atoms with E-state index in [0.29, 0.717) is 20.4 Å². The molecular weight excluding hydrogens is 144 g/mol. The van der Waals surface area contributed by atoms with E-state index in [1.165, 1.54) is 23.3 Å². The van der Waals surface area contributed by atoms with E-state index in [-0.39, 0.29) is 0 Å². The second-order valence-corrected chi connectivity index (χ2v) is 6.44. The maximum Gasteiger partial charge on any atom is 0.368 e. The van der Waals surface area contributed by atoms with Crippen molar-refractivity contribution in [3.8, 4) is 0 Å². The van der Waals surface area contributed by atoms with Crippen molar-refractivity contribution in [2.75, 3.05) is 0 Å². The molecule has 0 amide bonds. The van der Waals surface area contributed by atoms with Crippen molar-refractivity contribution in [3.05, 3.63) is 0 Å². The lowest BCUT2D eigenvalue weighted by Gasteiger charge is -2.20. The maximum absolute atomic E-state index is 2.31. The highest BCUT2D eigenvalue weighted by Gasteiger charge is 2.14. The first-order chi connectivity index (χ1) is 5.43. The third-order valence-electron chi connectivity index (χ3n) is 2.94. The average molecular weight is 165 g/mol. The fourth-order valence-electron chi connectivity index (χ4n) is 2.16. The highest BCUT2D eigenvalue weighted by Crippen LogP contribution is 2.28. The number of rotatable bonds is 4. The Labute approximate surface area is 80.9 Å². The van der Waals surface area contributed by atoms with E-state index in [1.54, 1.807) is 30.2 Å². The van der Waals surface area contributed by atoms with Crippen LogP contribution in [0.1, 0.15) is 51.9 Å². The molecule has 1 aliphatic carbocycles. The Morgan fingerprint density at radius 2 is 1.91 bits per heavy atom. The van der Waals surface area contributed by atoms with Crippen LogP contribution in [0.2, 0.25) is 8.60 Å². The van der Waals surface area contributed by atoms with Gasteiger partial charge in [0.05, 0.1) is 0 Å². The molecule has 1 rings (SSSR count). The Balaban J connectivity index is 1.96. The second kappa shape index (κ2) is 6.30. The van der Waals surface area contributed by atoms with Gasteiger partial charge in [-0.1, -0.05) is 51.9 Å². The average Bonchev–Trinajstić information content (AvgIpc) is 2.07. The summed E-state index contributed by atoms with van der Waals surface area (Å²) in [6.07, 6.45) is 10.7. The molecule has 1 fully saturated rings. The van der Waals surface area contributed by atoms with Crippen molar-refractivity contribution in [3.63, 3.8) is 0 Å². The molecule has 0 N–H and O–H groups in total. The van der Waals surface area contributed by atoms with Crippen molar-refractivity contribution in [1.82, 2.24) is 0 Å². The predicted octanol–water partition coefficient (Wildman–Crippen LogP) is 3.66.